The Labute approximate surface area is 204 Å². The third-order valence-electron chi connectivity index (χ3n) is 7.80. The summed E-state index contributed by atoms with van der Waals surface area (Å²) in [4.78, 5) is 26.0. The molecule has 186 valence electrons. The second-order valence-electron chi connectivity index (χ2n) is 9.54. The van der Waals surface area contributed by atoms with Gasteiger partial charge in [0.15, 0.2) is 17.3 Å². The molecule has 1 spiro atoms. The van der Waals surface area contributed by atoms with Crippen molar-refractivity contribution in [3.8, 4) is 17.2 Å². The molecule has 1 aromatic rings. The minimum atomic E-state index is -0.922. The van der Waals surface area contributed by atoms with Crippen LogP contribution in [0.15, 0.2) is 40.9 Å². The number of ketones is 1. The molecule has 4 aliphatic rings. The fraction of sp³-hybridized carbons (Fsp3) is 0.481. The molecule has 35 heavy (non-hydrogen) atoms. The van der Waals surface area contributed by atoms with Gasteiger partial charge in [-0.15, -0.1) is 0 Å². The molecule has 8 heteroatoms. The van der Waals surface area contributed by atoms with E-state index in [1.807, 2.05) is 6.07 Å². The molecule has 8 nitrogen and oxygen atoms in total. The van der Waals surface area contributed by atoms with E-state index in [0.717, 1.165) is 16.7 Å². The van der Waals surface area contributed by atoms with Crippen LogP contribution in [0.25, 0.3) is 0 Å². The molecule has 2 aliphatic heterocycles. The van der Waals surface area contributed by atoms with E-state index in [1.165, 1.54) is 14.2 Å². The zero-order chi connectivity index (χ0) is 25.1. The summed E-state index contributed by atoms with van der Waals surface area (Å²) in [6.45, 7) is 7.96. The number of carbonyl (C=O) groups excluding carboxylic acids is 2. The largest absolute Gasteiger partial charge is 0.496 e. The first-order chi connectivity index (χ1) is 16.8. The van der Waals surface area contributed by atoms with Crippen molar-refractivity contribution >= 4 is 11.8 Å². The molecular weight excluding hydrogens is 452 g/mol. The van der Waals surface area contributed by atoms with E-state index in [4.69, 9.17) is 28.4 Å². The number of fused-ring (bicyclic) bond motifs is 2. The van der Waals surface area contributed by atoms with E-state index >= 15 is 0 Å². The van der Waals surface area contributed by atoms with Crippen LogP contribution in [0.3, 0.4) is 0 Å². The fourth-order valence-electron chi connectivity index (χ4n) is 5.62. The summed E-state index contributed by atoms with van der Waals surface area (Å²) >= 11 is 0. The first-order valence-corrected chi connectivity index (χ1v) is 11.8. The molecule has 1 aromatic carbocycles. The van der Waals surface area contributed by atoms with Gasteiger partial charge >= 0.3 is 5.97 Å². The smallest absolute Gasteiger partial charge is 0.333 e. The molecule has 0 unspecified atom stereocenters. The zero-order valence-corrected chi connectivity index (χ0v) is 20.9. The third kappa shape index (κ3) is 3.18. The predicted molar refractivity (Wildman–Crippen MR) is 125 cm³/mol. The normalized spacial score (nSPS) is 28.9. The molecule has 4 atom stereocenters. The summed E-state index contributed by atoms with van der Waals surface area (Å²) in [5.74, 6) is 1.45. The number of hydrogen-bond acceptors (Lipinski definition) is 8. The standard InChI is InChI=1S/C27H30O8/c1-7-13(2)26(29)35-21-15(4)14(3)8-16-9-18(28)22(30-5)25(31-6)27(16)11-32-24-20(27)17(21)10-19-23(24)34-12-33-19/h7,9-10,14-15,21H,8,11-12H2,1-6H3/t14-,15-,21+,27+/m1/s1. The van der Waals surface area contributed by atoms with Gasteiger partial charge in [0.05, 0.1) is 14.2 Å². The maximum Gasteiger partial charge on any atom is 0.333 e. The number of hydrogen-bond donors (Lipinski definition) is 0. The number of esters is 1. The van der Waals surface area contributed by atoms with E-state index in [-0.39, 0.29) is 42.7 Å². The van der Waals surface area contributed by atoms with Crippen LogP contribution >= 0.6 is 0 Å². The molecule has 0 bridgehead atoms. The van der Waals surface area contributed by atoms with Gasteiger partial charge in [-0.1, -0.05) is 19.9 Å². The molecule has 2 aliphatic carbocycles. The molecular formula is C27H30O8. The van der Waals surface area contributed by atoms with Crippen molar-refractivity contribution < 1.29 is 38.0 Å². The van der Waals surface area contributed by atoms with Crippen LogP contribution < -0.4 is 14.2 Å². The highest BCUT2D eigenvalue weighted by Gasteiger charge is 2.58. The maximum atomic E-state index is 13.0. The van der Waals surface area contributed by atoms with Crippen molar-refractivity contribution in [2.45, 2.75) is 45.6 Å². The van der Waals surface area contributed by atoms with Crippen molar-refractivity contribution in [3.05, 3.63) is 52.0 Å². The Morgan fingerprint density at radius 1 is 1.14 bits per heavy atom. The van der Waals surface area contributed by atoms with Gasteiger partial charge < -0.3 is 28.4 Å². The Kier molecular flexibility index (Phi) is 5.57. The van der Waals surface area contributed by atoms with Crippen molar-refractivity contribution in [1.82, 2.24) is 0 Å². The average Bonchev–Trinajstić information content (AvgIpc) is 3.47. The lowest BCUT2D eigenvalue weighted by molar-refractivity contribution is -0.148. The molecule has 0 radical (unpaired) electrons. The quantitative estimate of drug-likeness (QED) is 0.464. The zero-order valence-electron chi connectivity index (χ0n) is 20.9. The lowest BCUT2D eigenvalue weighted by atomic mass is 9.62. The van der Waals surface area contributed by atoms with Crippen LogP contribution in [0.1, 0.15) is 51.3 Å². The van der Waals surface area contributed by atoms with E-state index in [0.29, 0.717) is 35.0 Å². The Hall–Kier alpha value is -3.42. The fourth-order valence-corrected chi connectivity index (χ4v) is 5.62. The summed E-state index contributed by atoms with van der Waals surface area (Å²) < 4.78 is 35.4. The highest BCUT2D eigenvalue weighted by atomic mass is 16.7. The monoisotopic (exact) mass is 482 g/mol. The predicted octanol–water partition coefficient (Wildman–Crippen LogP) is 4.29. The molecule has 0 fully saturated rings. The van der Waals surface area contributed by atoms with E-state index in [9.17, 15) is 9.59 Å². The first kappa shape index (κ1) is 23.3. The number of rotatable bonds is 4. The second kappa shape index (κ2) is 8.36. The highest BCUT2D eigenvalue weighted by Crippen LogP contribution is 2.62. The van der Waals surface area contributed by atoms with Crippen LogP contribution in [0.4, 0.5) is 0 Å². The van der Waals surface area contributed by atoms with Crippen molar-refractivity contribution in [3.63, 3.8) is 0 Å². The lowest BCUT2D eigenvalue weighted by Gasteiger charge is -2.42. The van der Waals surface area contributed by atoms with Crippen LogP contribution in [0, 0.1) is 11.8 Å². The van der Waals surface area contributed by atoms with Gasteiger partial charge in [-0.2, -0.15) is 0 Å². The van der Waals surface area contributed by atoms with Gasteiger partial charge in [0.1, 0.15) is 18.1 Å². The Bertz CT molecular complexity index is 1210. The molecule has 0 amide bonds. The van der Waals surface area contributed by atoms with Crippen molar-refractivity contribution in [2.24, 2.45) is 11.8 Å². The summed E-state index contributed by atoms with van der Waals surface area (Å²) in [5.41, 5.74) is 2.00. The van der Waals surface area contributed by atoms with Gasteiger partial charge in [-0.3, -0.25) is 4.79 Å². The summed E-state index contributed by atoms with van der Waals surface area (Å²) in [5, 5.41) is 0. The van der Waals surface area contributed by atoms with Gasteiger partial charge in [0, 0.05) is 22.6 Å². The Morgan fingerprint density at radius 2 is 1.91 bits per heavy atom. The molecule has 0 saturated carbocycles. The number of allylic oxidation sites excluding steroid dienone is 2. The summed E-state index contributed by atoms with van der Waals surface area (Å²) in [6, 6.07) is 1.88. The third-order valence-corrected chi connectivity index (χ3v) is 7.80. The first-order valence-electron chi connectivity index (χ1n) is 11.8. The van der Waals surface area contributed by atoms with Crippen molar-refractivity contribution in [1.29, 1.82) is 0 Å². The van der Waals surface area contributed by atoms with Gasteiger partial charge in [-0.25, -0.2) is 4.79 Å². The molecule has 0 N–H and O–H groups in total. The van der Waals surface area contributed by atoms with Crippen molar-refractivity contribution in [2.75, 3.05) is 27.6 Å². The minimum Gasteiger partial charge on any atom is -0.496 e. The van der Waals surface area contributed by atoms with E-state index < -0.39 is 11.5 Å². The molecule has 0 saturated heterocycles. The lowest BCUT2D eigenvalue weighted by Crippen LogP contribution is -2.42. The van der Waals surface area contributed by atoms with Gasteiger partial charge in [0.2, 0.25) is 24.1 Å². The van der Waals surface area contributed by atoms with E-state index in [2.05, 4.69) is 13.8 Å². The topological polar surface area (TPSA) is 89.5 Å². The SMILES string of the molecule is CC=C(C)C(=O)O[C@@H]1c2cc3c(c4c2[C@]2(CO4)C(=CC(=O)C(OC)=C2OC)C[C@@H](C)[C@H]1C)OCO3. The van der Waals surface area contributed by atoms with Crippen LogP contribution in [-0.4, -0.2) is 39.4 Å². The van der Waals surface area contributed by atoms with Gasteiger partial charge in [0.25, 0.3) is 0 Å². The minimum absolute atomic E-state index is 0.0627. The molecule has 0 aromatic heterocycles. The second-order valence-corrected chi connectivity index (χ2v) is 9.54. The summed E-state index contributed by atoms with van der Waals surface area (Å²) in [6.07, 6.45) is 3.38. The van der Waals surface area contributed by atoms with Gasteiger partial charge in [-0.05, 0) is 43.9 Å². The number of methoxy groups -OCH3 is 2. The Morgan fingerprint density at radius 3 is 2.60 bits per heavy atom. The number of carbonyl (C=O) groups is 2. The van der Waals surface area contributed by atoms with Crippen LogP contribution in [-0.2, 0) is 29.2 Å². The maximum absolute atomic E-state index is 13.0. The molecule has 5 rings (SSSR count). The van der Waals surface area contributed by atoms with Crippen LogP contribution in [0.5, 0.6) is 17.2 Å². The number of benzene rings is 1. The molecule has 2 heterocycles. The summed E-state index contributed by atoms with van der Waals surface area (Å²) in [7, 11) is 2.98. The van der Waals surface area contributed by atoms with Crippen LogP contribution in [0.2, 0.25) is 0 Å². The number of ether oxygens (including phenoxy) is 6. The van der Waals surface area contributed by atoms with E-state index in [1.54, 1.807) is 26.0 Å². The highest BCUT2D eigenvalue weighted by molar-refractivity contribution is 6.05. The average molecular weight is 483 g/mol. The Balaban J connectivity index is 1.83.